The molecule has 0 N–H and O–H groups in total. The van der Waals surface area contributed by atoms with Crippen LogP contribution in [0.25, 0.3) is 0 Å². The van der Waals surface area contributed by atoms with E-state index >= 15 is 0 Å². The number of halogens is 3. The molecule has 2 aliphatic rings. The predicted molar refractivity (Wildman–Crippen MR) is 88.6 cm³/mol. The summed E-state index contributed by atoms with van der Waals surface area (Å²) in [6, 6.07) is 1.00. The van der Waals surface area contributed by atoms with E-state index in [0.29, 0.717) is 13.2 Å². The summed E-state index contributed by atoms with van der Waals surface area (Å²) in [7, 11) is 0. The molecule has 3 heterocycles. The molecule has 2 saturated heterocycles. The number of aromatic nitrogens is 2. The molecule has 5 nitrogen and oxygen atoms in total. The minimum Gasteiger partial charge on any atom is -0.476 e. The van der Waals surface area contributed by atoms with E-state index in [-0.39, 0.29) is 22.9 Å². The van der Waals surface area contributed by atoms with Crippen molar-refractivity contribution in [3.63, 3.8) is 0 Å². The maximum atomic E-state index is 12.7. The van der Waals surface area contributed by atoms with Gasteiger partial charge < -0.3 is 9.47 Å². The number of rotatable bonds is 6. The van der Waals surface area contributed by atoms with Gasteiger partial charge in [0.2, 0.25) is 5.88 Å². The quantitative estimate of drug-likeness (QED) is 0.610. The summed E-state index contributed by atoms with van der Waals surface area (Å²) >= 11 is 4.27. The molecule has 0 aromatic carbocycles. The largest absolute Gasteiger partial charge is 0.476 e. The van der Waals surface area contributed by atoms with Gasteiger partial charge in [0.15, 0.2) is 5.69 Å². The van der Waals surface area contributed by atoms with Crippen molar-refractivity contribution >= 4 is 12.6 Å². The third kappa shape index (κ3) is 4.20. The van der Waals surface area contributed by atoms with Crippen molar-refractivity contribution in [2.75, 3.05) is 19.8 Å². The molecule has 140 valence electrons. The van der Waals surface area contributed by atoms with Crippen LogP contribution in [0.15, 0.2) is 12.4 Å². The van der Waals surface area contributed by atoms with Crippen LogP contribution in [0, 0.1) is 0 Å². The first kappa shape index (κ1) is 18.7. The average Bonchev–Trinajstić information content (AvgIpc) is 3.10. The summed E-state index contributed by atoms with van der Waals surface area (Å²) in [5.74, 6) is -0.0424. The second-order valence-corrected chi connectivity index (χ2v) is 7.40. The molecule has 0 spiro atoms. The number of alkyl halides is 3. The lowest BCUT2D eigenvalue weighted by atomic mass is 9.95. The van der Waals surface area contributed by atoms with Crippen molar-refractivity contribution in [3.8, 4) is 5.88 Å². The highest BCUT2D eigenvalue weighted by Gasteiger charge is 2.49. The lowest BCUT2D eigenvalue weighted by molar-refractivity contribution is -0.141. The van der Waals surface area contributed by atoms with Crippen LogP contribution >= 0.6 is 12.6 Å². The molecular formula is C16H22F3N3O2S. The number of fused-ring (bicyclic) bond motifs is 1. The van der Waals surface area contributed by atoms with Crippen molar-refractivity contribution < 1.29 is 22.6 Å². The van der Waals surface area contributed by atoms with Gasteiger partial charge in [-0.2, -0.15) is 13.2 Å². The van der Waals surface area contributed by atoms with E-state index in [2.05, 4.69) is 27.5 Å². The van der Waals surface area contributed by atoms with Crippen LogP contribution in [-0.4, -0.2) is 51.6 Å². The van der Waals surface area contributed by atoms with E-state index in [1.807, 2.05) is 6.92 Å². The van der Waals surface area contributed by atoms with Gasteiger partial charge in [-0.25, -0.2) is 9.97 Å². The van der Waals surface area contributed by atoms with Gasteiger partial charge in [0.1, 0.15) is 12.9 Å². The van der Waals surface area contributed by atoms with E-state index in [1.54, 1.807) is 0 Å². The zero-order chi connectivity index (χ0) is 18.1. The fourth-order valence-electron chi connectivity index (χ4n) is 3.82. The molecule has 3 rings (SSSR count). The van der Waals surface area contributed by atoms with Gasteiger partial charge in [-0.3, -0.25) is 4.90 Å². The monoisotopic (exact) mass is 377 g/mol. The molecule has 0 bridgehead atoms. The summed E-state index contributed by atoms with van der Waals surface area (Å²) in [5.41, 5.74) is -1.10. The van der Waals surface area contributed by atoms with Gasteiger partial charge in [-0.05, 0) is 39.2 Å². The minimum absolute atomic E-state index is 0.00776. The average molecular weight is 377 g/mol. The highest BCUT2D eigenvalue weighted by molar-refractivity contribution is 7.80. The van der Waals surface area contributed by atoms with E-state index in [0.717, 1.165) is 44.6 Å². The second kappa shape index (κ2) is 7.28. The second-order valence-electron chi connectivity index (χ2n) is 6.67. The summed E-state index contributed by atoms with van der Waals surface area (Å²) in [5, 5.41) is 0. The first-order valence-corrected chi connectivity index (χ1v) is 8.90. The lowest BCUT2D eigenvalue weighted by Gasteiger charge is -2.35. The topological polar surface area (TPSA) is 47.5 Å². The number of nitrogens with zero attached hydrogens (tertiary/aromatic N) is 3. The maximum Gasteiger partial charge on any atom is 0.433 e. The molecular weight excluding hydrogens is 355 g/mol. The van der Waals surface area contributed by atoms with E-state index in [1.165, 1.54) is 0 Å². The molecule has 3 atom stereocenters. The molecule has 0 saturated carbocycles. The van der Waals surface area contributed by atoms with Crippen molar-refractivity contribution in [3.05, 3.63) is 18.1 Å². The van der Waals surface area contributed by atoms with Crippen LogP contribution in [0.5, 0.6) is 5.88 Å². The van der Waals surface area contributed by atoms with Crippen LogP contribution in [0.3, 0.4) is 0 Å². The molecule has 1 aromatic heterocycles. The van der Waals surface area contributed by atoms with Gasteiger partial charge in [0, 0.05) is 17.6 Å². The van der Waals surface area contributed by atoms with Crippen molar-refractivity contribution in [1.82, 2.24) is 14.9 Å². The van der Waals surface area contributed by atoms with Gasteiger partial charge >= 0.3 is 6.18 Å². The molecule has 1 aromatic rings. The number of hydrogen-bond donors (Lipinski definition) is 1. The minimum atomic E-state index is -4.50. The summed E-state index contributed by atoms with van der Waals surface area (Å²) in [4.78, 5) is 9.42. The van der Waals surface area contributed by atoms with Gasteiger partial charge in [0.25, 0.3) is 0 Å². The lowest BCUT2D eigenvalue weighted by Crippen LogP contribution is -2.47. The smallest absolute Gasteiger partial charge is 0.433 e. The number of thiol groups is 1. The standard InChI is InChI=1S/C16H22F3N3O2S/c1-11(25)24-9-15-4-2-6-22(15)12(3-5-15)8-23-14-7-13(16(17,18)19)20-10-21-14/h7,10-12,25H,2-6,8-9H2,1H3/t11?,12-,15-/m0/s1. The Morgan fingerprint density at radius 2 is 2.20 bits per heavy atom. The van der Waals surface area contributed by atoms with Crippen LogP contribution in [0.1, 0.15) is 38.3 Å². The Labute approximate surface area is 150 Å². The molecule has 1 unspecified atom stereocenters. The van der Waals surface area contributed by atoms with Crippen molar-refractivity contribution in [2.24, 2.45) is 0 Å². The molecule has 0 radical (unpaired) electrons. The Morgan fingerprint density at radius 1 is 1.40 bits per heavy atom. The van der Waals surface area contributed by atoms with Crippen LogP contribution in [0.4, 0.5) is 13.2 Å². The van der Waals surface area contributed by atoms with Crippen molar-refractivity contribution in [1.29, 1.82) is 0 Å². The zero-order valence-corrected chi connectivity index (χ0v) is 14.9. The Balaban J connectivity index is 1.61. The molecule has 2 aliphatic heterocycles. The van der Waals surface area contributed by atoms with Crippen molar-refractivity contribution in [2.45, 2.75) is 55.8 Å². The van der Waals surface area contributed by atoms with Crippen LogP contribution in [0.2, 0.25) is 0 Å². The molecule has 0 amide bonds. The van der Waals surface area contributed by atoms with Crippen LogP contribution < -0.4 is 4.74 Å². The first-order valence-electron chi connectivity index (χ1n) is 8.39. The first-order chi connectivity index (χ1) is 11.8. The van der Waals surface area contributed by atoms with E-state index in [9.17, 15) is 13.2 Å². The summed E-state index contributed by atoms with van der Waals surface area (Å²) < 4.78 is 49.4. The van der Waals surface area contributed by atoms with E-state index < -0.39 is 11.9 Å². The molecule has 25 heavy (non-hydrogen) atoms. The highest BCUT2D eigenvalue weighted by atomic mass is 32.1. The Kier molecular flexibility index (Phi) is 5.45. The summed E-state index contributed by atoms with van der Waals surface area (Å²) in [6.07, 6.45) is 0.469. The Bertz CT molecular complexity index is 602. The molecule has 0 aliphatic carbocycles. The fourth-order valence-corrected chi connectivity index (χ4v) is 3.89. The number of hydrogen-bond acceptors (Lipinski definition) is 6. The van der Waals surface area contributed by atoms with Crippen LogP contribution in [-0.2, 0) is 10.9 Å². The summed E-state index contributed by atoms with van der Waals surface area (Å²) in [6.45, 7) is 3.78. The fraction of sp³-hybridized carbons (Fsp3) is 0.750. The van der Waals surface area contributed by atoms with Gasteiger partial charge in [-0.1, -0.05) is 0 Å². The predicted octanol–water partition coefficient (Wildman–Crippen LogP) is 3.16. The highest BCUT2D eigenvalue weighted by Crippen LogP contribution is 2.43. The zero-order valence-electron chi connectivity index (χ0n) is 14.0. The number of ether oxygens (including phenoxy) is 2. The molecule has 2 fully saturated rings. The normalized spacial score (nSPS) is 28.1. The third-order valence-electron chi connectivity index (χ3n) is 4.98. The molecule has 9 heteroatoms. The van der Waals surface area contributed by atoms with Gasteiger partial charge in [0.05, 0.1) is 12.0 Å². The third-order valence-corrected chi connectivity index (χ3v) is 5.13. The Morgan fingerprint density at radius 3 is 2.92 bits per heavy atom. The van der Waals surface area contributed by atoms with Gasteiger partial charge in [-0.15, -0.1) is 12.6 Å². The SMILES string of the molecule is CC(S)OC[C@@]12CCCN1[C@H](COc1cc(C(F)(F)F)ncn1)CC2. The van der Waals surface area contributed by atoms with E-state index in [4.69, 9.17) is 9.47 Å². The Hall–Kier alpha value is -1.06. The maximum absolute atomic E-state index is 12.7.